The summed E-state index contributed by atoms with van der Waals surface area (Å²) < 4.78 is 4.33. The normalized spacial score (nSPS) is 17.1. The van der Waals surface area contributed by atoms with Crippen molar-refractivity contribution in [3.05, 3.63) is 71.1 Å². The van der Waals surface area contributed by atoms with Crippen molar-refractivity contribution in [2.45, 2.75) is 57.9 Å². The maximum Gasteiger partial charge on any atom is 0.259 e. The van der Waals surface area contributed by atoms with Crippen LogP contribution in [-0.4, -0.2) is 41.8 Å². The Morgan fingerprint density at radius 3 is 2.74 bits per heavy atom. The fraction of sp³-hybridized carbons (Fsp3) is 0.370. The number of aromatic nitrogens is 6. The summed E-state index contributed by atoms with van der Waals surface area (Å²) in [7, 11) is 0. The molecule has 1 aliphatic carbocycles. The molecular weight excluding hydrogens is 438 g/mol. The van der Waals surface area contributed by atoms with Gasteiger partial charge in [-0.05, 0) is 74.8 Å². The topological polar surface area (TPSA) is 81.7 Å². The molecule has 1 aromatic carbocycles. The van der Waals surface area contributed by atoms with E-state index in [1.54, 1.807) is 4.90 Å². The Balaban J connectivity index is 1.22. The molecule has 0 atom stereocenters. The van der Waals surface area contributed by atoms with E-state index in [1.807, 2.05) is 30.6 Å². The number of hydrogen-bond donors (Lipinski definition) is 0. The summed E-state index contributed by atoms with van der Waals surface area (Å²) in [6.45, 7) is 1.53. The molecule has 0 radical (unpaired) electrons. The Bertz CT molecular complexity index is 1450. The molecule has 0 unspecified atom stereocenters. The molecule has 2 aliphatic heterocycles. The first-order chi connectivity index (χ1) is 17.3. The summed E-state index contributed by atoms with van der Waals surface area (Å²) in [4.78, 5) is 25.0. The Hall–Kier alpha value is -3.81. The Morgan fingerprint density at radius 1 is 0.857 bits per heavy atom. The molecule has 5 heterocycles. The zero-order valence-electron chi connectivity index (χ0n) is 19.7. The maximum absolute atomic E-state index is 13.7. The molecule has 0 spiro atoms. The summed E-state index contributed by atoms with van der Waals surface area (Å²) in [5.74, 6) is 2.47. The highest BCUT2D eigenvalue weighted by atomic mass is 16.2. The molecule has 0 bridgehead atoms. The van der Waals surface area contributed by atoms with Gasteiger partial charge in [0.1, 0.15) is 17.3 Å². The van der Waals surface area contributed by atoms with Crippen molar-refractivity contribution in [3.8, 4) is 17.2 Å². The zero-order chi connectivity index (χ0) is 23.4. The van der Waals surface area contributed by atoms with Crippen molar-refractivity contribution in [1.82, 2.24) is 29.3 Å². The number of aryl methyl sites for hydroxylation is 2. The molecule has 176 valence electrons. The Kier molecular flexibility index (Phi) is 4.78. The molecule has 3 aromatic heterocycles. The highest BCUT2D eigenvalue weighted by molar-refractivity contribution is 6.08. The van der Waals surface area contributed by atoms with E-state index in [0.717, 1.165) is 79.2 Å². The second-order valence-corrected chi connectivity index (χ2v) is 9.69. The van der Waals surface area contributed by atoms with Crippen LogP contribution in [0.25, 0.3) is 17.2 Å². The molecule has 3 aliphatic rings. The van der Waals surface area contributed by atoms with E-state index in [2.05, 4.69) is 36.4 Å². The van der Waals surface area contributed by atoms with Gasteiger partial charge in [-0.2, -0.15) is 0 Å². The molecule has 0 fully saturated rings. The van der Waals surface area contributed by atoms with Gasteiger partial charge in [-0.15, -0.1) is 10.2 Å². The number of amides is 1. The average molecular weight is 466 g/mol. The van der Waals surface area contributed by atoms with Gasteiger partial charge in [0.15, 0.2) is 5.82 Å². The number of pyridine rings is 1. The monoisotopic (exact) mass is 465 g/mol. The van der Waals surface area contributed by atoms with Crippen molar-refractivity contribution in [2.24, 2.45) is 0 Å². The first-order valence-corrected chi connectivity index (χ1v) is 12.7. The van der Waals surface area contributed by atoms with Gasteiger partial charge >= 0.3 is 0 Å². The van der Waals surface area contributed by atoms with E-state index < -0.39 is 0 Å². The van der Waals surface area contributed by atoms with Crippen molar-refractivity contribution in [1.29, 1.82) is 0 Å². The van der Waals surface area contributed by atoms with Gasteiger partial charge in [-0.1, -0.05) is 12.1 Å². The third kappa shape index (κ3) is 3.38. The summed E-state index contributed by atoms with van der Waals surface area (Å²) in [5, 5.41) is 8.79. The van der Waals surface area contributed by atoms with Crippen LogP contribution in [0.3, 0.4) is 0 Å². The average Bonchev–Trinajstić information content (AvgIpc) is 3.54. The quantitative estimate of drug-likeness (QED) is 0.458. The third-order valence-corrected chi connectivity index (χ3v) is 7.58. The van der Waals surface area contributed by atoms with E-state index >= 15 is 0 Å². The van der Waals surface area contributed by atoms with Crippen LogP contribution in [0, 0.1) is 0 Å². The van der Waals surface area contributed by atoms with Crippen LogP contribution in [0.5, 0.6) is 0 Å². The minimum Gasteiger partial charge on any atom is -0.310 e. The van der Waals surface area contributed by atoms with Crippen LogP contribution >= 0.6 is 0 Å². The fourth-order valence-corrected chi connectivity index (χ4v) is 5.72. The molecular formula is C27H27N7O. The molecule has 1 amide bonds. The Morgan fingerprint density at radius 2 is 1.77 bits per heavy atom. The number of imidazole rings is 1. The second kappa shape index (κ2) is 8.15. The van der Waals surface area contributed by atoms with Crippen molar-refractivity contribution in [3.63, 3.8) is 0 Å². The SMILES string of the molecule is O=C1c2cc(-n3cnc4c3CCCC4)ccc2CCN1c1cccc(-c2nnc3n2CCCC3)n1. The molecule has 35 heavy (non-hydrogen) atoms. The van der Waals surface area contributed by atoms with E-state index in [4.69, 9.17) is 4.98 Å². The van der Waals surface area contributed by atoms with Gasteiger partial charge in [0.05, 0.1) is 12.0 Å². The van der Waals surface area contributed by atoms with Crippen LogP contribution in [-0.2, 0) is 32.2 Å². The molecule has 0 N–H and O–H groups in total. The Labute approximate surface area is 203 Å². The minimum absolute atomic E-state index is 0.00462. The molecule has 8 nitrogen and oxygen atoms in total. The van der Waals surface area contributed by atoms with E-state index in [0.29, 0.717) is 12.4 Å². The zero-order valence-corrected chi connectivity index (χ0v) is 19.7. The summed E-state index contributed by atoms with van der Waals surface area (Å²) >= 11 is 0. The van der Waals surface area contributed by atoms with E-state index in [9.17, 15) is 4.79 Å². The largest absolute Gasteiger partial charge is 0.310 e. The smallest absolute Gasteiger partial charge is 0.259 e. The lowest BCUT2D eigenvalue weighted by atomic mass is 9.97. The summed E-state index contributed by atoms with van der Waals surface area (Å²) in [6.07, 6.45) is 10.4. The predicted octanol–water partition coefficient (Wildman–Crippen LogP) is 3.94. The van der Waals surface area contributed by atoms with Gasteiger partial charge in [0, 0.05) is 36.5 Å². The second-order valence-electron chi connectivity index (χ2n) is 9.69. The van der Waals surface area contributed by atoms with Crippen LogP contribution in [0.2, 0.25) is 0 Å². The first kappa shape index (κ1) is 20.6. The number of rotatable bonds is 3. The van der Waals surface area contributed by atoms with Crippen LogP contribution in [0.15, 0.2) is 42.7 Å². The van der Waals surface area contributed by atoms with Gasteiger partial charge < -0.3 is 9.13 Å². The predicted molar refractivity (Wildman–Crippen MR) is 132 cm³/mol. The number of hydrogen-bond acceptors (Lipinski definition) is 5. The third-order valence-electron chi connectivity index (χ3n) is 7.58. The summed E-state index contributed by atoms with van der Waals surface area (Å²) in [6, 6.07) is 12.1. The molecule has 0 saturated carbocycles. The van der Waals surface area contributed by atoms with Gasteiger partial charge in [-0.3, -0.25) is 9.69 Å². The highest BCUT2D eigenvalue weighted by Gasteiger charge is 2.28. The minimum atomic E-state index is -0.00462. The standard InChI is InChI=1S/C27H27N7O/c35-27-20-16-19(34-17-28-21-6-1-2-8-23(21)34)12-11-18(20)13-15-33(27)24-10-5-7-22(29-24)26-31-30-25-9-3-4-14-32(25)26/h5,7,10-12,16-17H,1-4,6,8-9,13-15H2. The van der Waals surface area contributed by atoms with Crippen molar-refractivity contribution in [2.75, 3.05) is 11.4 Å². The summed E-state index contributed by atoms with van der Waals surface area (Å²) in [5.41, 5.74) is 6.08. The maximum atomic E-state index is 13.7. The lowest BCUT2D eigenvalue weighted by Crippen LogP contribution is -2.38. The van der Waals surface area contributed by atoms with Crippen LogP contribution in [0.4, 0.5) is 5.82 Å². The highest BCUT2D eigenvalue weighted by Crippen LogP contribution is 2.29. The fourth-order valence-electron chi connectivity index (χ4n) is 5.72. The van der Waals surface area contributed by atoms with E-state index in [-0.39, 0.29) is 5.91 Å². The number of fused-ring (bicyclic) bond motifs is 3. The van der Waals surface area contributed by atoms with Crippen molar-refractivity contribution >= 4 is 11.7 Å². The van der Waals surface area contributed by atoms with Gasteiger partial charge in [0.2, 0.25) is 0 Å². The van der Waals surface area contributed by atoms with E-state index in [1.165, 1.54) is 24.2 Å². The van der Waals surface area contributed by atoms with Gasteiger partial charge in [0.25, 0.3) is 5.91 Å². The molecule has 4 aromatic rings. The van der Waals surface area contributed by atoms with Gasteiger partial charge in [-0.25, -0.2) is 9.97 Å². The van der Waals surface area contributed by atoms with Crippen LogP contribution in [0.1, 0.15) is 58.8 Å². The number of carbonyl (C=O) groups excluding carboxylic acids is 1. The lowest BCUT2D eigenvalue weighted by Gasteiger charge is -2.28. The number of nitrogens with zero attached hydrogens (tertiary/aromatic N) is 7. The number of anilines is 1. The first-order valence-electron chi connectivity index (χ1n) is 12.7. The lowest BCUT2D eigenvalue weighted by molar-refractivity contribution is 0.0980. The molecule has 7 rings (SSSR count). The van der Waals surface area contributed by atoms with Crippen molar-refractivity contribution < 1.29 is 4.79 Å². The number of benzene rings is 1. The molecule has 0 saturated heterocycles. The van der Waals surface area contributed by atoms with Crippen LogP contribution < -0.4 is 4.90 Å². The molecule has 8 heteroatoms. The number of carbonyl (C=O) groups is 1.